The fourth-order valence-corrected chi connectivity index (χ4v) is 3.11. The number of rotatable bonds is 4. The number of thioether (sulfide) groups is 1. The molecule has 2 rings (SSSR count). The normalized spacial score (nSPS) is 10.6. The Balaban J connectivity index is 2.10. The van der Waals surface area contributed by atoms with E-state index in [2.05, 4.69) is 32.0 Å². The highest BCUT2D eigenvalue weighted by molar-refractivity contribution is 8.00. The maximum absolute atomic E-state index is 12.3. The van der Waals surface area contributed by atoms with E-state index in [9.17, 15) is 4.79 Å². The van der Waals surface area contributed by atoms with E-state index in [-0.39, 0.29) is 5.78 Å². The van der Waals surface area contributed by atoms with Gasteiger partial charge < -0.3 is 0 Å². The van der Waals surface area contributed by atoms with Crippen LogP contribution in [0.4, 0.5) is 0 Å². The smallest absolute Gasteiger partial charge is 0.173 e. The first-order valence-corrected chi connectivity index (χ1v) is 7.76. The predicted molar refractivity (Wildman–Crippen MR) is 86.9 cm³/mol. The molecule has 0 aliphatic rings. The van der Waals surface area contributed by atoms with Crippen LogP contribution in [0.25, 0.3) is 0 Å². The summed E-state index contributed by atoms with van der Waals surface area (Å²) >= 11 is 1.62. The molecule has 0 bridgehead atoms. The van der Waals surface area contributed by atoms with Gasteiger partial charge in [-0.1, -0.05) is 35.4 Å². The topological polar surface area (TPSA) is 17.1 Å². The fraction of sp³-hybridized carbons (Fsp3) is 0.278. The SMILES string of the molecule is Cc1ccc(SCC(=O)c2cc(C)ccc2C)c(C)c1. The second-order valence-corrected chi connectivity index (χ2v) is 6.32. The average molecular weight is 284 g/mol. The lowest BCUT2D eigenvalue weighted by atomic mass is 10.0. The van der Waals surface area contributed by atoms with Crippen molar-refractivity contribution < 1.29 is 4.79 Å². The van der Waals surface area contributed by atoms with Gasteiger partial charge in [0.2, 0.25) is 0 Å². The Labute approximate surface area is 125 Å². The maximum atomic E-state index is 12.3. The van der Waals surface area contributed by atoms with Crippen molar-refractivity contribution in [3.63, 3.8) is 0 Å². The van der Waals surface area contributed by atoms with Gasteiger partial charge in [-0.15, -0.1) is 11.8 Å². The van der Waals surface area contributed by atoms with Gasteiger partial charge in [-0.05, 0) is 51.0 Å². The van der Waals surface area contributed by atoms with Crippen molar-refractivity contribution in [3.8, 4) is 0 Å². The third-order valence-electron chi connectivity index (χ3n) is 3.38. The lowest BCUT2D eigenvalue weighted by molar-refractivity contribution is 0.102. The number of hydrogen-bond acceptors (Lipinski definition) is 2. The Kier molecular flexibility index (Phi) is 4.66. The van der Waals surface area contributed by atoms with Crippen molar-refractivity contribution in [1.29, 1.82) is 0 Å². The van der Waals surface area contributed by atoms with Crippen LogP contribution in [-0.4, -0.2) is 11.5 Å². The van der Waals surface area contributed by atoms with Crippen LogP contribution in [0.15, 0.2) is 41.3 Å². The van der Waals surface area contributed by atoms with Crippen LogP contribution in [-0.2, 0) is 0 Å². The first kappa shape index (κ1) is 14.9. The van der Waals surface area contributed by atoms with Crippen molar-refractivity contribution in [2.45, 2.75) is 32.6 Å². The quantitative estimate of drug-likeness (QED) is 0.587. The van der Waals surface area contributed by atoms with Crippen molar-refractivity contribution in [1.82, 2.24) is 0 Å². The molecule has 1 nitrogen and oxygen atoms in total. The van der Waals surface area contributed by atoms with Gasteiger partial charge >= 0.3 is 0 Å². The van der Waals surface area contributed by atoms with E-state index >= 15 is 0 Å². The fourth-order valence-electron chi connectivity index (χ4n) is 2.22. The molecular weight excluding hydrogens is 264 g/mol. The maximum Gasteiger partial charge on any atom is 0.173 e. The Hall–Kier alpha value is -1.54. The number of carbonyl (C=O) groups excluding carboxylic acids is 1. The third-order valence-corrected chi connectivity index (χ3v) is 4.56. The molecule has 104 valence electrons. The first-order chi connectivity index (χ1) is 9.47. The van der Waals surface area contributed by atoms with E-state index in [4.69, 9.17) is 0 Å². The molecule has 0 saturated heterocycles. The summed E-state index contributed by atoms with van der Waals surface area (Å²) in [6.07, 6.45) is 0. The van der Waals surface area contributed by atoms with Crippen LogP contribution in [0.3, 0.4) is 0 Å². The summed E-state index contributed by atoms with van der Waals surface area (Å²) in [7, 11) is 0. The minimum Gasteiger partial charge on any atom is -0.293 e. The Morgan fingerprint density at radius 3 is 2.25 bits per heavy atom. The van der Waals surface area contributed by atoms with E-state index in [1.807, 2.05) is 32.0 Å². The van der Waals surface area contributed by atoms with Gasteiger partial charge in [-0.2, -0.15) is 0 Å². The zero-order valence-electron chi connectivity index (χ0n) is 12.5. The van der Waals surface area contributed by atoms with Crippen LogP contribution in [0, 0.1) is 27.7 Å². The molecular formula is C18H20OS. The summed E-state index contributed by atoms with van der Waals surface area (Å²) in [5, 5.41) is 0. The van der Waals surface area contributed by atoms with Gasteiger partial charge in [0.15, 0.2) is 5.78 Å². The number of ketones is 1. The Morgan fingerprint density at radius 2 is 1.55 bits per heavy atom. The molecule has 2 heteroatoms. The summed E-state index contributed by atoms with van der Waals surface area (Å²) in [5.41, 5.74) is 5.54. The zero-order valence-corrected chi connectivity index (χ0v) is 13.3. The molecule has 0 radical (unpaired) electrons. The molecule has 0 heterocycles. The molecule has 0 amide bonds. The summed E-state index contributed by atoms with van der Waals surface area (Å²) in [6.45, 7) is 8.20. The highest BCUT2D eigenvalue weighted by Gasteiger charge is 2.10. The van der Waals surface area contributed by atoms with Crippen molar-refractivity contribution in [2.24, 2.45) is 0 Å². The minimum atomic E-state index is 0.205. The van der Waals surface area contributed by atoms with Crippen molar-refractivity contribution in [3.05, 3.63) is 64.2 Å². The van der Waals surface area contributed by atoms with Gasteiger partial charge in [-0.25, -0.2) is 0 Å². The molecule has 0 atom stereocenters. The Morgan fingerprint density at radius 1 is 0.900 bits per heavy atom. The summed E-state index contributed by atoms with van der Waals surface area (Å²) < 4.78 is 0. The number of aryl methyl sites for hydroxylation is 4. The van der Waals surface area contributed by atoms with E-state index in [0.717, 1.165) is 16.7 Å². The number of hydrogen-bond donors (Lipinski definition) is 0. The van der Waals surface area contributed by atoms with E-state index < -0.39 is 0 Å². The molecule has 0 aliphatic heterocycles. The first-order valence-electron chi connectivity index (χ1n) is 6.78. The van der Waals surface area contributed by atoms with E-state index in [1.165, 1.54) is 16.0 Å². The highest BCUT2D eigenvalue weighted by atomic mass is 32.2. The molecule has 0 aliphatic carbocycles. The van der Waals surface area contributed by atoms with Crippen LogP contribution in [0.2, 0.25) is 0 Å². The van der Waals surface area contributed by atoms with E-state index in [1.54, 1.807) is 11.8 Å². The second-order valence-electron chi connectivity index (χ2n) is 5.30. The van der Waals surface area contributed by atoms with Crippen LogP contribution in [0.1, 0.15) is 32.6 Å². The lowest BCUT2D eigenvalue weighted by Crippen LogP contribution is -2.05. The molecule has 0 fully saturated rings. The molecule has 2 aromatic rings. The minimum absolute atomic E-state index is 0.205. The highest BCUT2D eigenvalue weighted by Crippen LogP contribution is 2.24. The lowest BCUT2D eigenvalue weighted by Gasteiger charge is -2.08. The van der Waals surface area contributed by atoms with Gasteiger partial charge in [0.1, 0.15) is 0 Å². The summed E-state index contributed by atoms with van der Waals surface area (Å²) in [4.78, 5) is 13.5. The summed E-state index contributed by atoms with van der Waals surface area (Å²) in [5.74, 6) is 0.699. The van der Waals surface area contributed by atoms with Gasteiger partial charge in [0.25, 0.3) is 0 Å². The van der Waals surface area contributed by atoms with Gasteiger partial charge in [0, 0.05) is 10.5 Å². The molecule has 0 spiro atoms. The Bertz CT molecular complexity index is 644. The monoisotopic (exact) mass is 284 g/mol. The molecule has 0 unspecified atom stereocenters. The molecule has 0 aromatic heterocycles. The van der Waals surface area contributed by atoms with E-state index in [0.29, 0.717) is 5.75 Å². The largest absolute Gasteiger partial charge is 0.293 e. The summed E-state index contributed by atoms with van der Waals surface area (Å²) in [6, 6.07) is 12.4. The third kappa shape index (κ3) is 3.51. The molecule has 0 N–H and O–H groups in total. The second kappa shape index (κ2) is 6.27. The average Bonchev–Trinajstić information content (AvgIpc) is 2.40. The van der Waals surface area contributed by atoms with Gasteiger partial charge in [0.05, 0.1) is 5.75 Å². The molecule has 2 aromatic carbocycles. The van der Waals surface area contributed by atoms with Crippen LogP contribution in [0.5, 0.6) is 0 Å². The molecule has 20 heavy (non-hydrogen) atoms. The van der Waals surface area contributed by atoms with Crippen molar-refractivity contribution >= 4 is 17.5 Å². The van der Waals surface area contributed by atoms with Crippen LogP contribution >= 0.6 is 11.8 Å². The standard InChI is InChI=1S/C18H20OS/c1-12-6-8-18(15(4)9-12)20-11-17(19)16-10-13(2)5-7-14(16)3/h5-10H,11H2,1-4H3. The molecule has 0 saturated carbocycles. The van der Waals surface area contributed by atoms with Gasteiger partial charge in [-0.3, -0.25) is 4.79 Å². The number of benzene rings is 2. The van der Waals surface area contributed by atoms with Crippen molar-refractivity contribution in [2.75, 3.05) is 5.75 Å². The predicted octanol–water partition coefficient (Wildman–Crippen LogP) is 4.90. The number of Topliss-reactive ketones (excluding diaryl/α,β-unsaturated/α-hetero) is 1. The zero-order chi connectivity index (χ0) is 14.7. The van der Waals surface area contributed by atoms with Crippen LogP contribution < -0.4 is 0 Å². The number of carbonyl (C=O) groups is 1.